The molecule has 2 aromatic rings. The van der Waals surface area contributed by atoms with Crippen molar-refractivity contribution in [3.63, 3.8) is 0 Å². The molecule has 2 rings (SSSR count). The zero-order chi connectivity index (χ0) is 11.7. The van der Waals surface area contributed by atoms with Crippen LogP contribution in [0, 0.1) is 6.92 Å². The van der Waals surface area contributed by atoms with Crippen LogP contribution in [0.15, 0.2) is 18.2 Å². The van der Waals surface area contributed by atoms with Gasteiger partial charge in [0.25, 0.3) is 0 Å². The minimum Gasteiger partial charge on any atom is -0.376 e. The average Bonchev–Trinajstić information content (AvgIpc) is 2.52. The third kappa shape index (κ3) is 1.84. The SMILES string of the molecule is Cc1nc2cc(NCC(N)=O)ccc2n1C. The van der Waals surface area contributed by atoms with Crippen LogP contribution >= 0.6 is 0 Å². The molecule has 1 aromatic heterocycles. The number of carbonyl (C=O) groups is 1. The number of nitrogens with two attached hydrogens (primary N) is 1. The van der Waals surface area contributed by atoms with Crippen LogP contribution in [0.4, 0.5) is 5.69 Å². The quantitative estimate of drug-likeness (QED) is 0.799. The van der Waals surface area contributed by atoms with Crippen molar-refractivity contribution in [1.82, 2.24) is 9.55 Å². The van der Waals surface area contributed by atoms with Gasteiger partial charge in [-0.25, -0.2) is 4.98 Å². The molecule has 1 heterocycles. The van der Waals surface area contributed by atoms with E-state index in [-0.39, 0.29) is 12.5 Å². The zero-order valence-corrected chi connectivity index (χ0v) is 9.32. The number of fused-ring (bicyclic) bond motifs is 1. The lowest BCUT2D eigenvalue weighted by atomic mass is 10.2. The van der Waals surface area contributed by atoms with E-state index in [1.54, 1.807) is 0 Å². The van der Waals surface area contributed by atoms with Gasteiger partial charge in [-0.15, -0.1) is 0 Å². The van der Waals surface area contributed by atoms with Crippen LogP contribution in [0.3, 0.4) is 0 Å². The van der Waals surface area contributed by atoms with Crippen LogP contribution in [0.2, 0.25) is 0 Å². The molecular weight excluding hydrogens is 204 g/mol. The number of nitrogens with zero attached hydrogens (tertiary/aromatic N) is 2. The largest absolute Gasteiger partial charge is 0.376 e. The summed E-state index contributed by atoms with van der Waals surface area (Å²) in [6, 6.07) is 5.79. The third-order valence-electron chi connectivity index (χ3n) is 2.57. The van der Waals surface area contributed by atoms with Crippen LogP contribution in [0.25, 0.3) is 11.0 Å². The molecule has 0 bridgehead atoms. The summed E-state index contributed by atoms with van der Waals surface area (Å²) in [4.78, 5) is 15.0. The summed E-state index contributed by atoms with van der Waals surface area (Å²) in [5, 5.41) is 2.94. The maximum atomic E-state index is 10.6. The van der Waals surface area contributed by atoms with Gasteiger partial charge < -0.3 is 15.6 Å². The van der Waals surface area contributed by atoms with Gasteiger partial charge in [-0.3, -0.25) is 4.79 Å². The van der Waals surface area contributed by atoms with Gasteiger partial charge in [0.2, 0.25) is 5.91 Å². The number of primary amides is 1. The van der Waals surface area contributed by atoms with Crippen LogP contribution in [0.5, 0.6) is 0 Å². The van der Waals surface area contributed by atoms with Crippen LogP contribution in [-0.2, 0) is 11.8 Å². The second-order valence-corrected chi connectivity index (χ2v) is 3.74. The van der Waals surface area contributed by atoms with Gasteiger partial charge in [0.15, 0.2) is 0 Å². The Labute approximate surface area is 93.3 Å². The highest BCUT2D eigenvalue weighted by Crippen LogP contribution is 2.18. The molecule has 0 saturated carbocycles. The lowest BCUT2D eigenvalue weighted by molar-refractivity contribution is -0.116. The van der Waals surface area contributed by atoms with Crippen molar-refractivity contribution < 1.29 is 4.79 Å². The standard InChI is InChI=1S/C11H14N4O/c1-7-14-9-5-8(13-6-11(12)16)3-4-10(9)15(7)2/h3-5,13H,6H2,1-2H3,(H2,12,16). The van der Waals surface area contributed by atoms with E-state index >= 15 is 0 Å². The number of benzene rings is 1. The number of amides is 1. The van der Waals surface area contributed by atoms with E-state index < -0.39 is 0 Å². The minimum absolute atomic E-state index is 0.136. The molecule has 0 fully saturated rings. The van der Waals surface area contributed by atoms with Crippen LogP contribution in [-0.4, -0.2) is 22.0 Å². The molecule has 84 valence electrons. The van der Waals surface area contributed by atoms with Crippen molar-refractivity contribution in [2.24, 2.45) is 12.8 Å². The van der Waals surface area contributed by atoms with Crippen molar-refractivity contribution in [1.29, 1.82) is 0 Å². The maximum Gasteiger partial charge on any atom is 0.236 e. The highest BCUT2D eigenvalue weighted by molar-refractivity contribution is 5.82. The fourth-order valence-corrected chi connectivity index (χ4v) is 1.62. The number of anilines is 1. The number of imidazole rings is 1. The van der Waals surface area contributed by atoms with Gasteiger partial charge in [0, 0.05) is 12.7 Å². The number of carbonyl (C=O) groups excluding carboxylic acids is 1. The van der Waals surface area contributed by atoms with Gasteiger partial charge in [0.05, 0.1) is 17.6 Å². The van der Waals surface area contributed by atoms with E-state index in [1.165, 1.54) is 0 Å². The molecule has 0 spiro atoms. The molecule has 0 atom stereocenters. The van der Waals surface area contributed by atoms with Gasteiger partial charge in [0.1, 0.15) is 5.82 Å². The highest BCUT2D eigenvalue weighted by atomic mass is 16.1. The van der Waals surface area contributed by atoms with Crippen LogP contribution in [0.1, 0.15) is 5.82 Å². The molecule has 1 amide bonds. The summed E-state index contributed by atoms with van der Waals surface area (Å²) >= 11 is 0. The Kier molecular flexibility index (Phi) is 2.52. The second-order valence-electron chi connectivity index (χ2n) is 3.74. The van der Waals surface area contributed by atoms with E-state index in [0.717, 1.165) is 22.5 Å². The van der Waals surface area contributed by atoms with Crippen molar-refractivity contribution in [2.45, 2.75) is 6.92 Å². The molecule has 0 radical (unpaired) electrons. The highest BCUT2D eigenvalue weighted by Gasteiger charge is 2.04. The fraction of sp³-hybridized carbons (Fsp3) is 0.273. The van der Waals surface area contributed by atoms with Crippen molar-refractivity contribution in [2.75, 3.05) is 11.9 Å². The Morgan fingerprint density at radius 1 is 1.56 bits per heavy atom. The summed E-state index contributed by atoms with van der Waals surface area (Å²) in [6.07, 6.45) is 0. The first-order chi connectivity index (χ1) is 7.58. The Balaban J connectivity index is 2.33. The van der Waals surface area contributed by atoms with Crippen molar-refractivity contribution in [3.05, 3.63) is 24.0 Å². The fourth-order valence-electron chi connectivity index (χ4n) is 1.62. The Bertz CT molecular complexity index is 544. The number of aromatic nitrogens is 2. The summed E-state index contributed by atoms with van der Waals surface area (Å²) in [5.41, 5.74) is 7.89. The molecule has 0 aliphatic carbocycles. The number of aryl methyl sites for hydroxylation is 2. The minimum atomic E-state index is -0.378. The number of hydrogen-bond donors (Lipinski definition) is 2. The summed E-state index contributed by atoms with van der Waals surface area (Å²) in [7, 11) is 1.97. The number of nitrogens with one attached hydrogen (secondary N) is 1. The molecule has 16 heavy (non-hydrogen) atoms. The topological polar surface area (TPSA) is 72.9 Å². The van der Waals surface area contributed by atoms with E-state index in [9.17, 15) is 4.79 Å². The van der Waals surface area contributed by atoms with E-state index in [4.69, 9.17) is 5.73 Å². The average molecular weight is 218 g/mol. The molecule has 0 aliphatic rings. The maximum absolute atomic E-state index is 10.6. The monoisotopic (exact) mass is 218 g/mol. The molecule has 3 N–H and O–H groups in total. The van der Waals surface area contributed by atoms with Gasteiger partial charge in [-0.1, -0.05) is 0 Å². The first kappa shape index (κ1) is 10.5. The molecular formula is C11H14N4O. The first-order valence-corrected chi connectivity index (χ1v) is 5.03. The summed E-state index contributed by atoms with van der Waals surface area (Å²) in [6.45, 7) is 2.09. The lowest BCUT2D eigenvalue weighted by Crippen LogP contribution is -2.21. The van der Waals surface area contributed by atoms with E-state index in [0.29, 0.717) is 0 Å². The summed E-state index contributed by atoms with van der Waals surface area (Å²) in [5.74, 6) is 0.583. The molecule has 0 saturated heterocycles. The third-order valence-corrected chi connectivity index (χ3v) is 2.57. The van der Waals surface area contributed by atoms with E-state index in [1.807, 2.05) is 36.7 Å². The molecule has 1 aromatic carbocycles. The predicted octanol–water partition coefficient (Wildman–Crippen LogP) is 0.779. The van der Waals surface area contributed by atoms with Gasteiger partial charge in [-0.2, -0.15) is 0 Å². The molecule has 0 aliphatic heterocycles. The lowest BCUT2D eigenvalue weighted by Gasteiger charge is -2.03. The molecule has 5 nitrogen and oxygen atoms in total. The normalized spacial score (nSPS) is 10.6. The Morgan fingerprint density at radius 3 is 3.00 bits per heavy atom. The molecule has 0 unspecified atom stereocenters. The second kappa shape index (κ2) is 3.84. The smallest absolute Gasteiger partial charge is 0.236 e. The predicted molar refractivity (Wildman–Crippen MR) is 63.1 cm³/mol. The van der Waals surface area contributed by atoms with Crippen molar-refractivity contribution >= 4 is 22.6 Å². The number of rotatable bonds is 3. The van der Waals surface area contributed by atoms with Crippen molar-refractivity contribution in [3.8, 4) is 0 Å². The first-order valence-electron chi connectivity index (χ1n) is 5.03. The molecule has 5 heteroatoms. The Hall–Kier alpha value is -2.04. The van der Waals surface area contributed by atoms with E-state index in [2.05, 4.69) is 10.3 Å². The Morgan fingerprint density at radius 2 is 2.31 bits per heavy atom. The van der Waals surface area contributed by atoms with Crippen LogP contribution < -0.4 is 11.1 Å². The number of hydrogen-bond acceptors (Lipinski definition) is 3. The van der Waals surface area contributed by atoms with Gasteiger partial charge in [-0.05, 0) is 25.1 Å². The zero-order valence-electron chi connectivity index (χ0n) is 9.32. The summed E-state index contributed by atoms with van der Waals surface area (Å²) < 4.78 is 2.02. The van der Waals surface area contributed by atoms with Gasteiger partial charge >= 0.3 is 0 Å².